The lowest BCUT2D eigenvalue weighted by atomic mass is 10.3. The van der Waals surface area contributed by atoms with Gasteiger partial charge in [-0.25, -0.2) is 0 Å². The van der Waals surface area contributed by atoms with Crippen molar-refractivity contribution >= 4 is 39.0 Å². The Morgan fingerprint density at radius 1 is 1.60 bits per heavy atom. The van der Waals surface area contributed by atoms with Crippen molar-refractivity contribution in [2.45, 2.75) is 31.6 Å². The summed E-state index contributed by atoms with van der Waals surface area (Å²) in [4.78, 5) is 1.27. The van der Waals surface area contributed by atoms with E-state index in [1.165, 1.54) is 4.88 Å². The Kier molecular flexibility index (Phi) is 5.12. The Labute approximate surface area is 108 Å². The van der Waals surface area contributed by atoms with Gasteiger partial charge in [-0.15, -0.1) is 11.3 Å². The summed E-state index contributed by atoms with van der Waals surface area (Å²) in [5, 5.41) is 2.07. The van der Waals surface area contributed by atoms with Crippen LogP contribution >= 0.6 is 39.0 Å². The Balaban J connectivity index is 2.61. The number of thiophene rings is 1. The minimum absolute atomic E-state index is 0.226. The van der Waals surface area contributed by atoms with Gasteiger partial charge in [0.25, 0.3) is 0 Å². The first-order valence-corrected chi connectivity index (χ1v) is 7.43. The summed E-state index contributed by atoms with van der Waals surface area (Å²) in [5.41, 5.74) is 2.88. The van der Waals surface area contributed by atoms with E-state index < -0.39 is 0 Å². The SMILES string of the molecule is CC(C)(C)SCC(NN)c1sccc1Br. The third-order valence-corrected chi connectivity index (χ3v) is 5.20. The van der Waals surface area contributed by atoms with E-state index >= 15 is 0 Å². The first-order valence-electron chi connectivity index (χ1n) is 4.77. The molecule has 2 nitrogen and oxygen atoms in total. The van der Waals surface area contributed by atoms with Crippen molar-refractivity contribution in [2.24, 2.45) is 5.84 Å². The molecule has 0 aliphatic rings. The highest BCUT2D eigenvalue weighted by atomic mass is 79.9. The van der Waals surface area contributed by atoms with Crippen LogP contribution in [0.5, 0.6) is 0 Å². The minimum Gasteiger partial charge on any atom is -0.271 e. The third-order valence-electron chi connectivity index (χ3n) is 1.85. The summed E-state index contributed by atoms with van der Waals surface area (Å²) >= 11 is 7.18. The summed E-state index contributed by atoms with van der Waals surface area (Å²) in [6.45, 7) is 6.65. The zero-order valence-electron chi connectivity index (χ0n) is 9.21. The van der Waals surface area contributed by atoms with E-state index in [-0.39, 0.29) is 10.8 Å². The summed E-state index contributed by atoms with van der Waals surface area (Å²) < 4.78 is 1.42. The average molecular weight is 309 g/mol. The first kappa shape index (κ1) is 13.5. The van der Waals surface area contributed by atoms with Gasteiger partial charge in [-0.1, -0.05) is 20.8 Å². The van der Waals surface area contributed by atoms with E-state index in [4.69, 9.17) is 5.84 Å². The second-order valence-electron chi connectivity index (χ2n) is 4.28. The summed E-state index contributed by atoms with van der Waals surface area (Å²) in [6.07, 6.45) is 0. The molecule has 0 saturated carbocycles. The quantitative estimate of drug-likeness (QED) is 0.660. The molecule has 0 radical (unpaired) electrons. The molecule has 5 heteroatoms. The van der Waals surface area contributed by atoms with Crippen LogP contribution in [0.2, 0.25) is 0 Å². The highest BCUT2D eigenvalue weighted by Gasteiger charge is 2.18. The molecular formula is C10H17BrN2S2. The number of hydrogen-bond donors (Lipinski definition) is 2. The Morgan fingerprint density at radius 2 is 2.27 bits per heavy atom. The van der Waals surface area contributed by atoms with Gasteiger partial charge in [-0.05, 0) is 27.4 Å². The van der Waals surface area contributed by atoms with Crippen molar-refractivity contribution in [2.75, 3.05) is 5.75 Å². The maximum Gasteiger partial charge on any atom is 0.0655 e. The molecule has 1 heterocycles. The molecule has 15 heavy (non-hydrogen) atoms. The van der Waals surface area contributed by atoms with E-state index in [0.717, 1.165) is 10.2 Å². The number of nitrogens with two attached hydrogens (primary N) is 1. The van der Waals surface area contributed by atoms with Gasteiger partial charge >= 0.3 is 0 Å². The van der Waals surface area contributed by atoms with Crippen LogP contribution < -0.4 is 11.3 Å². The fourth-order valence-electron chi connectivity index (χ4n) is 1.09. The van der Waals surface area contributed by atoms with Crippen LogP contribution in [0.15, 0.2) is 15.9 Å². The van der Waals surface area contributed by atoms with Crippen molar-refractivity contribution in [3.8, 4) is 0 Å². The van der Waals surface area contributed by atoms with E-state index in [9.17, 15) is 0 Å². The van der Waals surface area contributed by atoms with Gasteiger partial charge in [0.2, 0.25) is 0 Å². The Morgan fingerprint density at radius 3 is 2.67 bits per heavy atom. The predicted octanol–water partition coefficient (Wildman–Crippen LogP) is 3.55. The van der Waals surface area contributed by atoms with Crippen molar-refractivity contribution in [3.63, 3.8) is 0 Å². The molecule has 1 atom stereocenters. The van der Waals surface area contributed by atoms with Gasteiger partial charge in [0, 0.05) is 19.8 Å². The van der Waals surface area contributed by atoms with Gasteiger partial charge < -0.3 is 0 Å². The van der Waals surface area contributed by atoms with E-state index in [1.807, 2.05) is 11.8 Å². The van der Waals surface area contributed by atoms with Crippen molar-refractivity contribution < 1.29 is 0 Å². The molecule has 1 aromatic rings. The molecule has 0 aliphatic carbocycles. The fourth-order valence-corrected chi connectivity index (χ4v) is 3.83. The monoisotopic (exact) mass is 308 g/mol. The highest BCUT2D eigenvalue weighted by Crippen LogP contribution is 2.33. The molecule has 0 bridgehead atoms. The average Bonchev–Trinajstić information content (AvgIpc) is 2.52. The van der Waals surface area contributed by atoms with Gasteiger partial charge in [0.05, 0.1) is 6.04 Å². The van der Waals surface area contributed by atoms with Crippen molar-refractivity contribution in [1.82, 2.24) is 5.43 Å². The van der Waals surface area contributed by atoms with Crippen LogP contribution in [0.4, 0.5) is 0 Å². The largest absolute Gasteiger partial charge is 0.271 e. The number of nitrogens with one attached hydrogen (secondary N) is 1. The molecule has 1 unspecified atom stereocenters. The van der Waals surface area contributed by atoms with Gasteiger partial charge in [0.15, 0.2) is 0 Å². The zero-order chi connectivity index (χ0) is 11.5. The summed E-state index contributed by atoms with van der Waals surface area (Å²) in [5.74, 6) is 6.57. The van der Waals surface area contributed by atoms with Crippen LogP contribution in [-0.2, 0) is 0 Å². The lowest BCUT2D eigenvalue weighted by Gasteiger charge is -2.22. The van der Waals surface area contributed by atoms with Crippen molar-refractivity contribution in [1.29, 1.82) is 0 Å². The van der Waals surface area contributed by atoms with Gasteiger partial charge in [0.1, 0.15) is 0 Å². The molecule has 1 aromatic heterocycles. The van der Waals surface area contributed by atoms with Gasteiger partial charge in [-0.2, -0.15) is 11.8 Å². The smallest absolute Gasteiger partial charge is 0.0655 e. The molecule has 0 amide bonds. The zero-order valence-corrected chi connectivity index (χ0v) is 12.4. The molecule has 0 aliphatic heterocycles. The highest BCUT2D eigenvalue weighted by molar-refractivity contribution is 9.10. The number of rotatable bonds is 4. The Hall–Kier alpha value is 0.450. The molecule has 0 fully saturated rings. The van der Waals surface area contributed by atoms with E-state index in [1.54, 1.807) is 11.3 Å². The second kappa shape index (κ2) is 5.68. The second-order valence-corrected chi connectivity index (χ2v) is 7.92. The third kappa shape index (κ3) is 4.44. The van der Waals surface area contributed by atoms with E-state index in [2.05, 4.69) is 53.6 Å². The number of hydrogen-bond acceptors (Lipinski definition) is 4. The molecule has 0 aromatic carbocycles. The molecule has 86 valence electrons. The topological polar surface area (TPSA) is 38.0 Å². The van der Waals surface area contributed by atoms with Crippen LogP contribution in [-0.4, -0.2) is 10.5 Å². The normalized spacial score (nSPS) is 14.2. The first-order chi connectivity index (χ1) is 6.94. The standard InChI is InChI=1S/C10H17BrN2S2/c1-10(2,3)15-6-8(13-12)9-7(11)4-5-14-9/h4-5,8,13H,6,12H2,1-3H3. The fraction of sp³-hybridized carbons (Fsp3) is 0.600. The maximum atomic E-state index is 5.58. The number of hydrazine groups is 1. The van der Waals surface area contributed by atoms with Crippen molar-refractivity contribution in [3.05, 3.63) is 20.8 Å². The number of halogens is 1. The van der Waals surface area contributed by atoms with Crippen LogP contribution in [0.3, 0.4) is 0 Å². The lowest BCUT2D eigenvalue weighted by molar-refractivity contribution is 0.615. The van der Waals surface area contributed by atoms with Crippen LogP contribution in [0, 0.1) is 0 Å². The lowest BCUT2D eigenvalue weighted by Crippen LogP contribution is -2.30. The Bertz CT molecular complexity index is 307. The molecule has 0 saturated heterocycles. The molecule has 0 spiro atoms. The summed E-state index contributed by atoms with van der Waals surface area (Å²) in [7, 11) is 0. The van der Waals surface area contributed by atoms with Crippen LogP contribution in [0.25, 0.3) is 0 Å². The summed E-state index contributed by atoms with van der Waals surface area (Å²) in [6, 6.07) is 2.29. The van der Waals surface area contributed by atoms with E-state index in [0.29, 0.717) is 0 Å². The maximum absolute atomic E-state index is 5.58. The van der Waals surface area contributed by atoms with Gasteiger partial charge in [-0.3, -0.25) is 11.3 Å². The predicted molar refractivity (Wildman–Crippen MR) is 74.3 cm³/mol. The van der Waals surface area contributed by atoms with Crippen LogP contribution in [0.1, 0.15) is 31.7 Å². The number of thioether (sulfide) groups is 1. The molecular weight excluding hydrogens is 292 g/mol. The molecule has 1 rings (SSSR count). The minimum atomic E-state index is 0.226. The molecule has 3 N–H and O–H groups in total.